The van der Waals surface area contributed by atoms with Crippen molar-refractivity contribution >= 4 is 5.97 Å². The fraction of sp³-hybridized carbons (Fsp3) is 0.300. The van der Waals surface area contributed by atoms with Gasteiger partial charge in [0.1, 0.15) is 0 Å². The van der Waals surface area contributed by atoms with Gasteiger partial charge < -0.3 is 10.4 Å². The molecule has 0 saturated heterocycles. The Bertz CT molecular complexity index is 349. The molecule has 5 nitrogen and oxygen atoms in total. The maximum absolute atomic E-state index is 10.3. The van der Waals surface area contributed by atoms with Crippen LogP contribution < -0.4 is 5.32 Å². The van der Waals surface area contributed by atoms with E-state index in [9.17, 15) is 4.79 Å². The van der Waals surface area contributed by atoms with Gasteiger partial charge in [0, 0.05) is 25.4 Å². The number of carboxylic acid groups (broad SMARTS) is 1. The lowest BCUT2D eigenvalue weighted by molar-refractivity contribution is -0.131. The summed E-state index contributed by atoms with van der Waals surface area (Å²) in [6.45, 7) is 2.87. The summed E-state index contributed by atoms with van der Waals surface area (Å²) in [6, 6.07) is 3.67. The first-order valence-electron chi connectivity index (χ1n) is 4.56. The maximum atomic E-state index is 10.3. The van der Waals surface area contributed by atoms with Gasteiger partial charge >= 0.3 is 5.97 Å². The van der Waals surface area contributed by atoms with E-state index in [1.54, 1.807) is 13.1 Å². The van der Waals surface area contributed by atoms with E-state index in [2.05, 4.69) is 15.5 Å². The Hall–Kier alpha value is -1.75. The van der Waals surface area contributed by atoms with Crippen LogP contribution in [0.25, 0.3) is 0 Å². The summed E-state index contributed by atoms with van der Waals surface area (Å²) in [5.41, 5.74) is 1.60. The van der Waals surface area contributed by atoms with E-state index < -0.39 is 5.97 Å². The van der Waals surface area contributed by atoms with E-state index in [4.69, 9.17) is 5.11 Å². The molecule has 1 rings (SSSR count). The molecular weight excluding hydrogens is 194 g/mol. The number of hydrogen-bond donors (Lipinski definition) is 2. The highest BCUT2D eigenvalue weighted by Gasteiger charge is 1.96. The predicted molar refractivity (Wildman–Crippen MR) is 55.1 cm³/mol. The van der Waals surface area contributed by atoms with Crippen LogP contribution in [0.2, 0.25) is 0 Å². The Balaban J connectivity index is 2.31. The molecule has 0 atom stereocenters. The lowest BCUT2D eigenvalue weighted by Crippen LogP contribution is -2.17. The third-order valence-electron chi connectivity index (χ3n) is 1.71. The molecule has 80 valence electrons. The standard InChI is InChI=1S/C10H13N3O2/c1-8(5-10(14)15)6-11-7-9-3-2-4-12-13-9/h2-5,11H,6-7H2,1H3,(H,14,15)/b8-5-. The van der Waals surface area contributed by atoms with Crippen LogP contribution in [0.3, 0.4) is 0 Å². The Morgan fingerprint density at radius 3 is 3.07 bits per heavy atom. The molecule has 1 aromatic heterocycles. The molecule has 0 aromatic carbocycles. The largest absolute Gasteiger partial charge is 0.478 e. The maximum Gasteiger partial charge on any atom is 0.328 e. The van der Waals surface area contributed by atoms with Gasteiger partial charge in [-0.2, -0.15) is 10.2 Å². The van der Waals surface area contributed by atoms with Gasteiger partial charge in [-0.1, -0.05) is 5.57 Å². The number of carbonyl (C=O) groups is 1. The van der Waals surface area contributed by atoms with Gasteiger partial charge in [-0.05, 0) is 19.1 Å². The molecule has 15 heavy (non-hydrogen) atoms. The summed E-state index contributed by atoms with van der Waals surface area (Å²) in [7, 11) is 0. The summed E-state index contributed by atoms with van der Waals surface area (Å²) in [6.07, 6.45) is 2.79. The van der Waals surface area contributed by atoms with Crippen LogP contribution in [-0.2, 0) is 11.3 Å². The molecule has 2 N–H and O–H groups in total. The zero-order chi connectivity index (χ0) is 11.1. The minimum Gasteiger partial charge on any atom is -0.478 e. The Morgan fingerprint density at radius 1 is 1.67 bits per heavy atom. The first-order valence-corrected chi connectivity index (χ1v) is 4.56. The van der Waals surface area contributed by atoms with E-state index in [0.29, 0.717) is 13.1 Å². The van der Waals surface area contributed by atoms with Gasteiger partial charge in [-0.3, -0.25) is 0 Å². The molecule has 0 unspecified atom stereocenters. The van der Waals surface area contributed by atoms with Gasteiger partial charge in [0.2, 0.25) is 0 Å². The van der Waals surface area contributed by atoms with E-state index >= 15 is 0 Å². The summed E-state index contributed by atoms with van der Waals surface area (Å²) >= 11 is 0. The van der Waals surface area contributed by atoms with E-state index in [0.717, 1.165) is 11.3 Å². The van der Waals surface area contributed by atoms with E-state index in [-0.39, 0.29) is 0 Å². The Labute approximate surface area is 87.8 Å². The average molecular weight is 207 g/mol. The zero-order valence-corrected chi connectivity index (χ0v) is 8.47. The van der Waals surface area contributed by atoms with Crippen LogP contribution in [0.1, 0.15) is 12.6 Å². The fourth-order valence-electron chi connectivity index (χ4n) is 1.08. The van der Waals surface area contributed by atoms with Crippen LogP contribution in [-0.4, -0.2) is 27.8 Å². The molecule has 0 aliphatic carbocycles. The van der Waals surface area contributed by atoms with Crippen LogP contribution in [0.4, 0.5) is 0 Å². The van der Waals surface area contributed by atoms with Crippen LogP contribution in [0.15, 0.2) is 30.0 Å². The third-order valence-corrected chi connectivity index (χ3v) is 1.71. The average Bonchev–Trinajstić information content (AvgIpc) is 2.18. The molecule has 1 aromatic rings. The number of carboxylic acids is 1. The van der Waals surface area contributed by atoms with Crippen LogP contribution in [0, 0.1) is 0 Å². The lowest BCUT2D eigenvalue weighted by Gasteiger charge is -2.02. The fourth-order valence-corrected chi connectivity index (χ4v) is 1.08. The van der Waals surface area contributed by atoms with Crippen molar-refractivity contribution in [2.45, 2.75) is 13.5 Å². The van der Waals surface area contributed by atoms with Gasteiger partial charge in [-0.15, -0.1) is 0 Å². The second-order valence-corrected chi connectivity index (χ2v) is 3.15. The number of nitrogens with zero attached hydrogens (tertiary/aromatic N) is 2. The monoisotopic (exact) mass is 207 g/mol. The molecule has 0 fully saturated rings. The second-order valence-electron chi connectivity index (χ2n) is 3.15. The number of aromatic nitrogens is 2. The smallest absolute Gasteiger partial charge is 0.328 e. The zero-order valence-electron chi connectivity index (χ0n) is 8.47. The van der Waals surface area contributed by atoms with Gasteiger partial charge in [-0.25, -0.2) is 4.79 Å². The highest BCUT2D eigenvalue weighted by atomic mass is 16.4. The van der Waals surface area contributed by atoms with Crippen molar-refractivity contribution in [2.75, 3.05) is 6.54 Å². The number of aliphatic carboxylic acids is 1. The number of hydrogen-bond acceptors (Lipinski definition) is 4. The van der Waals surface area contributed by atoms with Crippen LogP contribution in [0.5, 0.6) is 0 Å². The lowest BCUT2D eigenvalue weighted by atomic mass is 10.3. The van der Waals surface area contributed by atoms with Crippen molar-refractivity contribution in [3.63, 3.8) is 0 Å². The molecule has 0 aliphatic heterocycles. The molecule has 1 heterocycles. The van der Waals surface area contributed by atoms with Gasteiger partial charge in [0.25, 0.3) is 0 Å². The molecule has 0 aliphatic rings. The molecule has 0 spiro atoms. The topological polar surface area (TPSA) is 75.1 Å². The highest BCUT2D eigenvalue weighted by Crippen LogP contribution is 1.93. The quantitative estimate of drug-likeness (QED) is 0.691. The third kappa shape index (κ3) is 4.87. The van der Waals surface area contributed by atoms with Gasteiger partial charge in [0.05, 0.1) is 5.69 Å². The Kier molecular flexibility index (Phi) is 4.43. The minimum atomic E-state index is -0.922. The van der Waals surface area contributed by atoms with Crippen molar-refractivity contribution in [3.8, 4) is 0 Å². The molecule has 0 amide bonds. The first kappa shape index (κ1) is 11.3. The van der Waals surface area contributed by atoms with Crippen LogP contribution >= 0.6 is 0 Å². The van der Waals surface area contributed by atoms with Gasteiger partial charge in [0.15, 0.2) is 0 Å². The van der Waals surface area contributed by atoms with Crippen molar-refractivity contribution in [3.05, 3.63) is 35.7 Å². The van der Waals surface area contributed by atoms with Crippen molar-refractivity contribution < 1.29 is 9.90 Å². The summed E-state index contributed by atoms with van der Waals surface area (Å²) in [4.78, 5) is 10.3. The Morgan fingerprint density at radius 2 is 2.47 bits per heavy atom. The first-order chi connectivity index (χ1) is 7.18. The molecule has 5 heteroatoms. The van der Waals surface area contributed by atoms with E-state index in [1.807, 2.05) is 12.1 Å². The predicted octanol–water partition coefficient (Wildman–Crippen LogP) is 0.597. The SMILES string of the molecule is C/C(=C/C(=O)O)CNCc1cccnn1. The number of rotatable bonds is 5. The highest BCUT2D eigenvalue weighted by molar-refractivity contribution is 5.80. The van der Waals surface area contributed by atoms with E-state index in [1.165, 1.54) is 6.08 Å². The minimum absolute atomic E-state index is 0.531. The van der Waals surface area contributed by atoms with Crippen molar-refractivity contribution in [2.24, 2.45) is 0 Å². The summed E-state index contributed by atoms with van der Waals surface area (Å²) in [5.74, 6) is -0.922. The van der Waals surface area contributed by atoms with Crippen molar-refractivity contribution in [1.82, 2.24) is 15.5 Å². The normalized spacial score (nSPS) is 11.4. The molecule has 0 saturated carbocycles. The summed E-state index contributed by atoms with van der Waals surface area (Å²) in [5, 5.41) is 19.2. The molecule has 0 bridgehead atoms. The van der Waals surface area contributed by atoms with Crippen molar-refractivity contribution in [1.29, 1.82) is 0 Å². The second kappa shape index (κ2) is 5.87. The molecule has 0 radical (unpaired) electrons. The molecular formula is C10H13N3O2. The summed E-state index contributed by atoms with van der Waals surface area (Å²) < 4.78 is 0. The number of nitrogens with one attached hydrogen (secondary N) is 1.